The third-order valence-electron chi connectivity index (χ3n) is 3.67. The fourth-order valence-corrected chi connectivity index (χ4v) is 3.73. The van der Waals surface area contributed by atoms with Crippen LogP contribution in [0.1, 0.15) is 28.9 Å². The van der Waals surface area contributed by atoms with Gasteiger partial charge < -0.3 is 5.32 Å². The molecule has 0 unspecified atom stereocenters. The molecule has 2 aromatic rings. The van der Waals surface area contributed by atoms with Gasteiger partial charge in [-0.3, -0.25) is 9.52 Å². The van der Waals surface area contributed by atoms with Gasteiger partial charge in [-0.1, -0.05) is 23.7 Å². The molecule has 0 aromatic heterocycles. The number of carbonyl (C=O) groups excluding carboxylic acids is 1. The Hall–Kier alpha value is -2.10. The van der Waals surface area contributed by atoms with E-state index in [0.29, 0.717) is 5.56 Å². The molecule has 1 atom stereocenters. The number of benzene rings is 2. The molecule has 0 spiro atoms. The van der Waals surface area contributed by atoms with E-state index in [4.69, 9.17) is 11.6 Å². The number of halogens is 1. The van der Waals surface area contributed by atoms with Crippen molar-refractivity contribution in [1.29, 1.82) is 0 Å². The second kappa shape index (κ2) is 7.87. The van der Waals surface area contributed by atoms with Crippen molar-refractivity contribution < 1.29 is 21.6 Å². The molecule has 2 aromatic carbocycles. The molecule has 0 fully saturated rings. The van der Waals surface area contributed by atoms with Crippen molar-refractivity contribution in [1.82, 2.24) is 5.32 Å². The van der Waals surface area contributed by atoms with Crippen molar-refractivity contribution >= 4 is 43.1 Å². The molecule has 0 radical (unpaired) electrons. The Morgan fingerprint density at radius 3 is 2.11 bits per heavy atom. The minimum Gasteiger partial charge on any atom is -0.345 e. The van der Waals surface area contributed by atoms with Gasteiger partial charge in [-0.05, 0) is 42.8 Å². The van der Waals surface area contributed by atoms with Crippen molar-refractivity contribution in [3.05, 3.63) is 58.6 Å². The average Bonchev–Trinajstić information content (AvgIpc) is 2.54. The van der Waals surface area contributed by atoms with Crippen LogP contribution in [0.5, 0.6) is 0 Å². The third-order valence-corrected chi connectivity index (χ3v) is 5.73. The maximum atomic E-state index is 12.5. The molecule has 0 bridgehead atoms. The maximum absolute atomic E-state index is 12.5. The molecule has 2 rings (SSSR count). The van der Waals surface area contributed by atoms with E-state index < -0.39 is 31.8 Å². The lowest BCUT2D eigenvalue weighted by atomic mass is 10.1. The van der Waals surface area contributed by atoms with Crippen molar-refractivity contribution in [2.45, 2.75) is 17.9 Å². The van der Waals surface area contributed by atoms with Crippen molar-refractivity contribution in [2.24, 2.45) is 0 Å². The van der Waals surface area contributed by atoms with Crippen LogP contribution in [-0.4, -0.2) is 35.3 Å². The first-order chi connectivity index (χ1) is 12.4. The fourth-order valence-electron chi connectivity index (χ4n) is 2.34. The number of hydrogen-bond acceptors (Lipinski definition) is 5. The summed E-state index contributed by atoms with van der Waals surface area (Å²) < 4.78 is 48.0. The quantitative estimate of drug-likeness (QED) is 0.732. The van der Waals surface area contributed by atoms with Crippen LogP contribution >= 0.6 is 11.6 Å². The first-order valence-corrected chi connectivity index (χ1v) is 11.9. The predicted molar refractivity (Wildman–Crippen MR) is 105 cm³/mol. The van der Waals surface area contributed by atoms with Gasteiger partial charge in [0, 0.05) is 11.9 Å². The summed E-state index contributed by atoms with van der Waals surface area (Å²) in [5.41, 5.74) is 1.04. The highest BCUT2D eigenvalue weighted by Gasteiger charge is 2.16. The molecule has 10 heteroatoms. The third kappa shape index (κ3) is 5.95. The molecule has 2 N–H and O–H groups in total. The molecule has 0 aliphatic rings. The summed E-state index contributed by atoms with van der Waals surface area (Å²) in [5, 5.41) is 2.92. The van der Waals surface area contributed by atoms with E-state index in [-0.39, 0.29) is 21.2 Å². The van der Waals surface area contributed by atoms with Gasteiger partial charge in [-0.2, -0.15) is 0 Å². The smallest absolute Gasteiger partial charge is 0.253 e. The van der Waals surface area contributed by atoms with E-state index in [0.717, 1.165) is 12.5 Å². The van der Waals surface area contributed by atoms with Gasteiger partial charge in [0.05, 0.1) is 27.8 Å². The highest BCUT2D eigenvalue weighted by Crippen LogP contribution is 2.23. The zero-order valence-corrected chi connectivity index (χ0v) is 17.2. The summed E-state index contributed by atoms with van der Waals surface area (Å²) in [6.45, 7) is 1.74. The highest BCUT2D eigenvalue weighted by atomic mass is 35.5. The normalized spacial score (nSPS) is 13.0. The maximum Gasteiger partial charge on any atom is 0.253 e. The lowest BCUT2D eigenvalue weighted by Gasteiger charge is -2.16. The van der Waals surface area contributed by atoms with Gasteiger partial charge in [0.2, 0.25) is 10.0 Å². The molecule has 146 valence electrons. The van der Waals surface area contributed by atoms with Gasteiger partial charge in [0.15, 0.2) is 9.84 Å². The molecule has 0 aliphatic heterocycles. The lowest BCUT2D eigenvalue weighted by molar-refractivity contribution is 0.0940. The van der Waals surface area contributed by atoms with Gasteiger partial charge >= 0.3 is 0 Å². The van der Waals surface area contributed by atoms with Gasteiger partial charge in [0.25, 0.3) is 5.91 Å². The molecule has 0 saturated carbocycles. The van der Waals surface area contributed by atoms with Crippen molar-refractivity contribution in [3.63, 3.8) is 0 Å². The zero-order valence-electron chi connectivity index (χ0n) is 14.9. The summed E-state index contributed by atoms with van der Waals surface area (Å²) in [6, 6.07) is 9.97. The lowest BCUT2D eigenvalue weighted by Crippen LogP contribution is -2.27. The second-order valence-corrected chi connectivity index (χ2v) is 10.3. The Morgan fingerprint density at radius 2 is 1.59 bits per heavy atom. The van der Waals surface area contributed by atoms with E-state index in [2.05, 4.69) is 10.0 Å². The number of carbonyl (C=O) groups is 1. The van der Waals surface area contributed by atoms with Crippen LogP contribution in [0, 0.1) is 0 Å². The zero-order chi connectivity index (χ0) is 20.4. The van der Waals surface area contributed by atoms with Crippen LogP contribution < -0.4 is 10.0 Å². The molecule has 0 aliphatic carbocycles. The number of amides is 1. The van der Waals surface area contributed by atoms with Crippen molar-refractivity contribution in [2.75, 3.05) is 17.2 Å². The van der Waals surface area contributed by atoms with Crippen molar-refractivity contribution in [3.8, 4) is 0 Å². The molecular formula is C17H19ClN2O5S2. The summed E-state index contributed by atoms with van der Waals surface area (Å²) in [6.07, 6.45) is 2.12. The SMILES string of the molecule is C[C@H](NC(=O)c1cc(NS(C)(=O)=O)ccc1Cl)c1ccc(S(C)(=O)=O)cc1. The number of rotatable bonds is 6. The van der Waals surface area contributed by atoms with Gasteiger partial charge in [-0.15, -0.1) is 0 Å². The molecule has 7 nitrogen and oxygen atoms in total. The molecular weight excluding hydrogens is 412 g/mol. The van der Waals surface area contributed by atoms with Gasteiger partial charge in [0.1, 0.15) is 0 Å². The first kappa shape index (κ1) is 21.2. The fraction of sp³-hybridized carbons (Fsp3) is 0.235. The highest BCUT2D eigenvalue weighted by molar-refractivity contribution is 7.92. The van der Waals surface area contributed by atoms with E-state index in [1.165, 1.54) is 30.3 Å². The summed E-state index contributed by atoms with van der Waals surface area (Å²) in [4.78, 5) is 12.7. The van der Waals surface area contributed by atoms with Crippen LogP contribution in [0.25, 0.3) is 0 Å². The number of sulfone groups is 1. The van der Waals surface area contributed by atoms with Crippen LogP contribution in [0.2, 0.25) is 5.02 Å². The second-order valence-electron chi connectivity index (χ2n) is 6.11. The molecule has 1 amide bonds. The van der Waals surface area contributed by atoms with E-state index >= 15 is 0 Å². The molecule has 0 heterocycles. The van der Waals surface area contributed by atoms with E-state index in [1.807, 2.05) is 0 Å². The van der Waals surface area contributed by atoms with Crippen LogP contribution in [0.4, 0.5) is 5.69 Å². The van der Waals surface area contributed by atoms with E-state index in [9.17, 15) is 21.6 Å². The summed E-state index contributed by atoms with van der Waals surface area (Å²) in [7, 11) is -6.79. The minimum atomic E-state index is -3.49. The predicted octanol–water partition coefficient (Wildman–Crippen LogP) is 2.61. The molecule has 0 saturated heterocycles. The van der Waals surface area contributed by atoms with Crippen LogP contribution in [0.15, 0.2) is 47.4 Å². The Bertz CT molecular complexity index is 1070. The topological polar surface area (TPSA) is 109 Å². The Balaban J connectivity index is 2.20. The van der Waals surface area contributed by atoms with Crippen LogP contribution in [-0.2, 0) is 19.9 Å². The summed E-state index contributed by atoms with van der Waals surface area (Å²) in [5.74, 6) is -0.489. The number of hydrogen-bond donors (Lipinski definition) is 2. The molecule has 27 heavy (non-hydrogen) atoms. The standard InChI is InChI=1S/C17H19ClN2O5S2/c1-11(12-4-7-14(8-5-12)26(2,22)23)19-17(21)15-10-13(6-9-16(15)18)20-27(3,24)25/h4-11,20H,1-3H3,(H,19,21)/t11-/m0/s1. The number of sulfonamides is 1. The number of anilines is 1. The Labute approximate surface area is 163 Å². The largest absolute Gasteiger partial charge is 0.345 e. The Morgan fingerprint density at radius 1 is 1.00 bits per heavy atom. The summed E-state index contributed by atoms with van der Waals surface area (Å²) >= 11 is 6.06. The minimum absolute atomic E-state index is 0.116. The van der Waals surface area contributed by atoms with Crippen LogP contribution in [0.3, 0.4) is 0 Å². The van der Waals surface area contributed by atoms with E-state index in [1.54, 1.807) is 19.1 Å². The first-order valence-electron chi connectivity index (χ1n) is 7.75. The van der Waals surface area contributed by atoms with Gasteiger partial charge in [-0.25, -0.2) is 16.8 Å². The monoisotopic (exact) mass is 430 g/mol. The average molecular weight is 431 g/mol. The number of nitrogens with one attached hydrogen (secondary N) is 2. The Kier molecular flexibility index (Phi) is 6.18.